The van der Waals surface area contributed by atoms with Gasteiger partial charge in [0.15, 0.2) is 0 Å². The molecule has 0 fully saturated rings. The normalized spacial score (nSPS) is 12.5. The van der Waals surface area contributed by atoms with Gasteiger partial charge in [-0.3, -0.25) is 0 Å². The molecule has 0 bridgehead atoms. The van der Waals surface area contributed by atoms with Crippen LogP contribution in [-0.2, 0) is 27.1 Å². The van der Waals surface area contributed by atoms with Gasteiger partial charge in [0.25, 0.3) is 0 Å². The standard InChI is InChI=1S/C10H22O.Ta/c1-7-9(3,4)11-10(5,6)8-2;/h7-8H2,1-6H3;. The summed E-state index contributed by atoms with van der Waals surface area (Å²) in [7, 11) is 0. The molecule has 0 rings (SSSR count). The Balaban J connectivity index is 0. The molecule has 73 valence electrons. The third kappa shape index (κ3) is 6.24. The molecule has 0 heterocycles. The maximum atomic E-state index is 5.92. The van der Waals surface area contributed by atoms with Crippen molar-refractivity contribution < 1.29 is 27.1 Å². The molecule has 2 heteroatoms. The SMILES string of the molecule is CCC(C)(C)OC(C)(C)CC.[Ta]. The minimum atomic E-state index is 0. The van der Waals surface area contributed by atoms with Crippen LogP contribution in [0.2, 0.25) is 0 Å². The van der Waals surface area contributed by atoms with Crippen LogP contribution in [-0.4, -0.2) is 11.2 Å². The van der Waals surface area contributed by atoms with Crippen LogP contribution in [0.1, 0.15) is 54.4 Å². The molecule has 1 radical (unpaired) electrons. The predicted octanol–water partition coefficient (Wildman–Crippen LogP) is 3.38. The van der Waals surface area contributed by atoms with Crippen molar-refractivity contribution >= 4 is 0 Å². The van der Waals surface area contributed by atoms with Crippen LogP contribution in [0.4, 0.5) is 0 Å². The number of hydrogen-bond donors (Lipinski definition) is 0. The van der Waals surface area contributed by atoms with Crippen LogP contribution in [0.15, 0.2) is 0 Å². The summed E-state index contributed by atoms with van der Waals surface area (Å²) in [6.07, 6.45) is 2.13. The van der Waals surface area contributed by atoms with Crippen LogP contribution >= 0.6 is 0 Å². The van der Waals surface area contributed by atoms with Crippen molar-refractivity contribution in [1.82, 2.24) is 0 Å². The molecule has 1 nitrogen and oxygen atoms in total. The Hall–Kier alpha value is 0.700. The van der Waals surface area contributed by atoms with Gasteiger partial charge in [0, 0.05) is 22.4 Å². The number of ether oxygens (including phenoxy) is 1. The van der Waals surface area contributed by atoms with Crippen LogP contribution in [0, 0.1) is 0 Å². The van der Waals surface area contributed by atoms with Gasteiger partial charge in [0.1, 0.15) is 0 Å². The Morgan fingerprint density at radius 3 is 1.25 bits per heavy atom. The molecular formula is C10H22OTa. The van der Waals surface area contributed by atoms with Gasteiger partial charge in [-0.05, 0) is 40.5 Å². The zero-order chi connectivity index (χ0) is 9.12. The van der Waals surface area contributed by atoms with E-state index in [1.165, 1.54) is 0 Å². The molecule has 0 aromatic heterocycles. The summed E-state index contributed by atoms with van der Waals surface area (Å²) in [5.74, 6) is 0. The second kappa shape index (κ2) is 5.43. The van der Waals surface area contributed by atoms with Crippen molar-refractivity contribution in [3.8, 4) is 0 Å². The van der Waals surface area contributed by atoms with Crippen molar-refractivity contribution in [1.29, 1.82) is 0 Å². The average molecular weight is 339 g/mol. The van der Waals surface area contributed by atoms with E-state index in [1.54, 1.807) is 0 Å². The molecule has 0 aliphatic heterocycles. The Morgan fingerprint density at radius 1 is 0.833 bits per heavy atom. The van der Waals surface area contributed by atoms with Crippen molar-refractivity contribution in [2.45, 2.75) is 65.6 Å². The molecule has 0 spiro atoms. The summed E-state index contributed by atoms with van der Waals surface area (Å²) in [4.78, 5) is 0. The quantitative estimate of drug-likeness (QED) is 0.763. The zero-order valence-corrected chi connectivity index (χ0v) is 12.5. The maximum Gasteiger partial charge on any atom is 0.0631 e. The van der Waals surface area contributed by atoms with Gasteiger partial charge >= 0.3 is 0 Å². The molecule has 0 aliphatic rings. The summed E-state index contributed by atoms with van der Waals surface area (Å²) in [5, 5.41) is 0. The van der Waals surface area contributed by atoms with Crippen LogP contribution in [0.5, 0.6) is 0 Å². The topological polar surface area (TPSA) is 9.23 Å². The first-order valence-corrected chi connectivity index (χ1v) is 4.53. The second-order valence-electron chi connectivity index (χ2n) is 4.33. The molecule has 0 saturated carbocycles. The van der Waals surface area contributed by atoms with Gasteiger partial charge in [-0.1, -0.05) is 13.8 Å². The third-order valence-corrected chi connectivity index (χ3v) is 2.26. The number of rotatable bonds is 4. The van der Waals surface area contributed by atoms with Crippen molar-refractivity contribution in [3.05, 3.63) is 0 Å². The first kappa shape index (κ1) is 15.2. The fraction of sp³-hybridized carbons (Fsp3) is 1.00. The predicted molar refractivity (Wildman–Crippen MR) is 49.8 cm³/mol. The van der Waals surface area contributed by atoms with E-state index in [4.69, 9.17) is 4.74 Å². The molecule has 12 heavy (non-hydrogen) atoms. The zero-order valence-electron chi connectivity index (χ0n) is 9.27. The largest absolute Gasteiger partial charge is 0.370 e. The molecule has 0 amide bonds. The first-order valence-electron chi connectivity index (χ1n) is 4.53. The molecule has 0 atom stereocenters. The van der Waals surface area contributed by atoms with Crippen LogP contribution < -0.4 is 0 Å². The monoisotopic (exact) mass is 339 g/mol. The van der Waals surface area contributed by atoms with Crippen molar-refractivity contribution in [2.75, 3.05) is 0 Å². The average Bonchev–Trinajstić information content (AvgIpc) is 1.86. The van der Waals surface area contributed by atoms with Gasteiger partial charge in [-0.2, -0.15) is 0 Å². The van der Waals surface area contributed by atoms with Gasteiger partial charge in [0.05, 0.1) is 11.2 Å². The minimum Gasteiger partial charge on any atom is -0.370 e. The van der Waals surface area contributed by atoms with Gasteiger partial charge in [-0.25, -0.2) is 0 Å². The smallest absolute Gasteiger partial charge is 0.0631 e. The number of hydrogen-bond acceptors (Lipinski definition) is 1. The second-order valence-corrected chi connectivity index (χ2v) is 4.33. The molecule has 0 aromatic rings. The van der Waals surface area contributed by atoms with E-state index in [0.717, 1.165) is 12.8 Å². The molecule has 0 aliphatic carbocycles. The summed E-state index contributed by atoms with van der Waals surface area (Å²) in [5.41, 5.74) is 0.0546. The molecule has 0 aromatic carbocycles. The van der Waals surface area contributed by atoms with E-state index in [2.05, 4.69) is 41.5 Å². The summed E-state index contributed by atoms with van der Waals surface area (Å²) >= 11 is 0. The van der Waals surface area contributed by atoms with Gasteiger partial charge < -0.3 is 4.74 Å². The summed E-state index contributed by atoms with van der Waals surface area (Å²) in [6, 6.07) is 0. The van der Waals surface area contributed by atoms with Crippen molar-refractivity contribution in [3.63, 3.8) is 0 Å². The van der Waals surface area contributed by atoms with E-state index in [-0.39, 0.29) is 33.6 Å². The minimum absolute atomic E-state index is 0. The van der Waals surface area contributed by atoms with E-state index in [1.807, 2.05) is 0 Å². The fourth-order valence-corrected chi connectivity index (χ4v) is 0.892. The van der Waals surface area contributed by atoms with Crippen molar-refractivity contribution in [2.24, 2.45) is 0 Å². The van der Waals surface area contributed by atoms with E-state index in [9.17, 15) is 0 Å². The van der Waals surface area contributed by atoms with E-state index < -0.39 is 0 Å². The molecular weight excluding hydrogens is 317 g/mol. The van der Waals surface area contributed by atoms with E-state index in [0.29, 0.717) is 0 Å². The Morgan fingerprint density at radius 2 is 1.08 bits per heavy atom. The summed E-state index contributed by atoms with van der Waals surface area (Å²) in [6.45, 7) is 12.9. The summed E-state index contributed by atoms with van der Waals surface area (Å²) < 4.78 is 5.92. The molecule has 0 N–H and O–H groups in total. The Kier molecular flexibility index (Phi) is 6.88. The Labute approximate surface area is 92.8 Å². The Bertz CT molecular complexity index is 105. The van der Waals surface area contributed by atoms with E-state index >= 15 is 0 Å². The first-order chi connectivity index (χ1) is 4.83. The van der Waals surface area contributed by atoms with Gasteiger partial charge in [-0.15, -0.1) is 0 Å². The third-order valence-electron chi connectivity index (χ3n) is 2.26. The van der Waals surface area contributed by atoms with Gasteiger partial charge in [0.2, 0.25) is 0 Å². The van der Waals surface area contributed by atoms with Crippen LogP contribution in [0.3, 0.4) is 0 Å². The maximum absolute atomic E-state index is 5.92. The molecule has 0 saturated heterocycles. The molecule has 0 unspecified atom stereocenters. The van der Waals surface area contributed by atoms with Crippen LogP contribution in [0.25, 0.3) is 0 Å². The fourth-order valence-electron chi connectivity index (χ4n) is 0.892.